The Kier molecular flexibility index (Phi) is 5.89. The van der Waals surface area contributed by atoms with Crippen LogP contribution in [0.5, 0.6) is 5.75 Å². The molecular weight excluding hydrogens is 286 g/mol. The van der Waals surface area contributed by atoms with Gasteiger partial charge in [0, 0.05) is 20.0 Å². The molecule has 0 saturated carbocycles. The van der Waals surface area contributed by atoms with Crippen molar-refractivity contribution >= 4 is 5.91 Å². The Morgan fingerprint density at radius 3 is 1.83 bits per heavy atom. The minimum atomic E-state index is -0.135. The van der Waals surface area contributed by atoms with Crippen molar-refractivity contribution in [3.8, 4) is 5.75 Å². The van der Waals surface area contributed by atoms with Gasteiger partial charge in [-0.2, -0.15) is 0 Å². The van der Waals surface area contributed by atoms with Gasteiger partial charge in [0.2, 0.25) is 5.91 Å². The van der Waals surface area contributed by atoms with Crippen LogP contribution in [-0.4, -0.2) is 29.5 Å². The molecule has 130 valence electrons. The SMILES string of the molecule is CCN(C)C(=O)CCc1cc(C(C)(C)C)c(O)c(C(C)(C)C)c1. The minimum absolute atomic E-state index is 0.135. The zero-order valence-corrected chi connectivity index (χ0v) is 16.1. The Morgan fingerprint density at radius 1 is 1.04 bits per heavy atom. The number of phenolic OH excluding ortho intramolecular Hbond substituents is 1. The topological polar surface area (TPSA) is 40.5 Å². The first kappa shape index (κ1) is 19.5. The van der Waals surface area contributed by atoms with E-state index in [9.17, 15) is 9.90 Å². The molecule has 0 aliphatic rings. The van der Waals surface area contributed by atoms with E-state index in [0.717, 1.165) is 23.2 Å². The van der Waals surface area contributed by atoms with Crippen molar-refractivity contribution in [1.29, 1.82) is 0 Å². The number of nitrogens with zero attached hydrogens (tertiary/aromatic N) is 1. The maximum absolute atomic E-state index is 12.1. The quantitative estimate of drug-likeness (QED) is 0.893. The van der Waals surface area contributed by atoms with E-state index in [2.05, 4.69) is 53.7 Å². The molecule has 1 aromatic carbocycles. The van der Waals surface area contributed by atoms with Crippen molar-refractivity contribution in [3.05, 3.63) is 28.8 Å². The fourth-order valence-electron chi connectivity index (χ4n) is 2.60. The lowest BCUT2D eigenvalue weighted by molar-refractivity contribution is -0.129. The van der Waals surface area contributed by atoms with Crippen LogP contribution in [-0.2, 0) is 22.0 Å². The van der Waals surface area contributed by atoms with Gasteiger partial charge in [-0.25, -0.2) is 0 Å². The van der Waals surface area contributed by atoms with Crippen LogP contribution >= 0.6 is 0 Å². The van der Waals surface area contributed by atoms with Gasteiger partial charge < -0.3 is 10.0 Å². The van der Waals surface area contributed by atoms with Crippen molar-refractivity contribution < 1.29 is 9.90 Å². The van der Waals surface area contributed by atoms with E-state index in [1.807, 2.05) is 14.0 Å². The van der Waals surface area contributed by atoms with Crippen LogP contribution in [0.1, 0.15) is 71.6 Å². The molecule has 0 aliphatic heterocycles. The highest BCUT2D eigenvalue weighted by Crippen LogP contribution is 2.39. The van der Waals surface area contributed by atoms with Crippen LogP contribution in [0.3, 0.4) is 0 Å². The number of hydrogen-bond donors (Lipinski definition) is 1. The van der Waals surface area contributed by atoms with Crippen LogP contribution in [0.25, 0.3) is 0 Å². The molecule has 0 saturated heterocycles. The summed E-state index contributed by atoms with van der Waals surface area (Å²) in [5, 5.41) is 10.7. The van der Waals surface area contributed by atoms with Crippen molar-refractivity contribution in [2.45, 2.75) is 72.1 Å². The maximum atomic E-state index is 12.1. The highest BCUT2D eigenvalue weighted by molar-refractivity contribution is 5.76. The molecule has 3 nitrogen and oxygen atoms in total. The molecule has 0 aliphatic carbocycles. The predicted molar refractivity (Wildman–Crippen MR) is 97.1 cm³/mol. The number of carbonyl (C=O) groups excluding carboxylic acids is 1. The molecule has 1 rings (SSSR count). The normalized spacial score (nSPS) is 12.3. The van der Waals surface area contributed by atoms with Gasteiger partial charge >= 0.3 is 0 Å². The summed E-state index contributed by atoms with van der Waals surface area (Å²) in [6.45, 7) is 15.3. The highest BCUT2D eigenvalue weighted by Gasteiger charge is 2.26. The number of carbonyl (C=O) groups is 1. The molecule has 0 atom stereocenters. The van der Waals surface area contributed by atoms with Crippen LogP contribution in [0.2, 0.25) is 0 Å². The van der Waals surface area contributed by atoms with E-state index in [4.69, 9.17) is 0 Å². The molecule has 0 spiro atoms. The molecule has 0 unspecified atom stereocenters. The second-order valence-electron chi connectivity index (χ2n) is 8.45. The maximum Gasteiger partial charge on any atom is 0.222 e. The molecule has 1 amide bonds. The molecule has 0 heterocycles. The summed E-state index contributed by atoms with van der Waals surface area (Å²) in [7, 11) is 1.83. The third-order valence-electron chi connectivity index (χ3n) is 4.31. The standard InChI is InChI=1S/C20H33NO2/c1-9-21(8)17(22)11-10-14-12-15(19(2,3)4)18(23)16(13-14)20(5,6)7/h12-13,23H,9-11H2,1-8H3. The lowest BCUT2D eigenvalue weighted by Gasteiger charge is -2.28. The Bertz CT molecular complexity index is 527. The molecule has 0 bridgehead atoms. The third-order valence-corrected chi connectivity index (χ3v) is 4.31. The van der Waals surface area contributed by atoms with Crippen LogP contribution in [0, 0.1) is 0 Å². The molecule has 0 aromatic heterocycles. The molecule has 0 fully saturated rings. The predicted octanol–water partition coefficient (Wildman–Crippen LogP) is 4.40. The summed E-state index contributed by atoms with van der Waals surface area (Å²) in [6.07, 6.45) is 1.21. The Hall–Kier alpha value is -1.51. The number of phenols is 1. The van der Waals surface area contributed by atoms with E-state index in [-0.39, 0.29) is 16.7 Å². The number of amides is 1. The fourth-order valence-corrected chi connectivity index (χ4v) is 2.60. The van der Waals surface area contributed by atoms with Crippen LogP contribution in [0.4, 0.5) is 0 Å². The summed E-state index contributed by atoms with van der Waals surface area (Å²) in [5.41, 5.74) is 2.76. The zero-order valence-electron chi connectivity index (χ0n) is 16.1. The van der Waals surface area contributed by atoms with Crippen molar-refractivity contribution in [3.63, 3.8) is 0 Å². The van der Waals surface area contributed by atoms with E-state index < -0.39 is 0 Å². The monoisotopic (exact) mass is 319 g/mol. The largest absolute Gasteiger partial charge is 0.507 e. The van der Waals surface area contributed by atoms with Crippen molar-refractivity contribution in [1.82, 2.24) is 4.90 Å². The van der Waals surface area contributed by atoms with Gasteiger partial charge in [0.05, 0.1) is 0 Å². The highest BCUT2D eigenvalue weighted by atomic mass is 16.3. The average Bonchev–Trinajstić information content (AvgIpc) is 2.42. The smallest absolute Gasteiger partial charge is 0.222 e. The lowest BCUT2D eigenvalue weighted by atomic mass is 9.78. The van der Waals surface area contributed by atoms with Gasteiger partial charge in [-0.3, -0.25) is 4.79 Å². The number of aryl methyl sites for hydroxylation is 1. The van der Waals surface area contributed by atoms with Gasteiger partial charge in [-0.15, -0.1) is 0 Å². The lowest BCUT2D eigenvalue weighted by Crippen LogP contribution is -2.26. The first-order chi connectivity index (χ1) is 10.4. The van der Waals surface area contributed by atoms with Crippen molar-refractivity contribution in [2.75, 3.05) is 13.6 Å². The van der Waals surface area contributed by atoms with Gasteiger partial charge in [-0.1, -0.05) is 53.7 Å². The summed E-state index contributed by atoms with van der Waals surface area (Å²) < 4.78 is 0. The van der Waals surface area contributed by atoms with Gasteiger partial charge in [0.1, 0.15) is 5.75 Å². The Labute approximate surface area is 141 Å². The fraction of sp³-hybridized carbons (Fsp3) is 0.650. The van der Waals surface area contributed by atoms with E-state index in [1.54, 1.807) is 4.90 Å². The van der Waals surface area contributed by atoms with E-state index in [0.29, 0.717) is 18.6 Å². The molecule has 1 N–H and O–H groups in total. The van der Waals surface area contributed by atoms with E-state index in [1.165, 1.54) is 0 Å². The van der Waals surface area contributed by atoms with Crippen LogP contribution < -0.4 is 0 Å². The first-order valence-corrected chi connectivity index (χ1v) is 8.48. The minimum Gasteiger partial charge on any atom is -0.507 e. The number of hydrogen-bond acceptors (Lipinski definition) is 2. The molecular formula is C20H33NO2. The summed E-state index contributed by atoms with van der Waals surface area (Å²) in [4.78, 5) is 13.8. The summed E-state index contributed by atoms with van der Waals surface area (Å²) in [5.74, 6) is 0.556. The zero-order chi connectivity index (χ0) is 18.0. The third kappa shape index (κ3) is 4.98. The molecule has 3 heteroatoms. The second kappa shape index (κ2) is 6.94. The summed E-state index contributed by atoms with van der Waals surface area (Å²) in [6, 6.07) is 4.12. The van der Waals surface area contributed by atoms with Crippen molar-refractivity contribution in [2.24, 2.45) is 0 Å². The van der Waals surface area contributed by atoms with Gasteiger partial charge in [0.25, 0.3) is 0 Å². The van der Waals surface area contributed by atoms with Gasteiger partial charge in [-0.05, 0) is 40.9 Å². The van der Waals surface area contributed by atoms with Gasteiger partial charge in [0.15, 0.2) is 0 Å². The number of rotatable bonds is 4. The Balaban J connectivity index is 3.21. The summed E-state index contributed by atoms with van der Waals surface area (Å²) >= 11 is 0. The number of aromatic hydroxyl groups is 1. The van der Waals surface area contributed by atoms with E-state index >= 15 is 0 Å². The second-order valence-corrected chi connectivity index (χ2v) is 8.45. The molecule has 23 heavy (non-hydrogen) atoms. The first-order valence-electron chi connectivity index (χ1n) is 8.48. The Morgan fingerprint density at radius 2 is 1.48 bits per heavy atom. The average molecular weight is 319 g/mol. The molecule has 1 aromatic rings. The number of benzene rings is 1. The molecule has 0 radical (unpaired) electrons. The van der Waals surface area contributed by atoms with Crippen LogP contribution in [0.15, 0.2) is 12.1 Å².